The van der Waals surface area contributed by atoms with Crippen molar-refractivity contribution in [1.82, 2.24) is 9.78 Å². The molecule has 21 heavy (non-hydrogen) atoms. The van der Waals surface area contributed by atoms with Gasteiger partial charge in [0.2, 0.25) is 0 Å². The molecule has 0 aliphatic carbocycles. The molecule has 0 radical (unpaired) electrons. The van der Waals surface area contributed by atoms with Crippen LogP contribution in [0.25, 0.3) is 0 Å². The van der Waals surface area contributed by atoms with E-state index in [-0.39, 0.29) is 5.56 Å². The number of aromatic nitrogens is 2. The Hall–Kier alpha value is -0.880. The van der Waals surface area contributed by atoms with E-state index < -0.39 is 0 Å². The topological polar surface area (TPSA) is 64.2 Å². The van der Waals surface area contributed by atoms with Gasteiger partial charge in [0.1, 0.15) is 4.47 Å². The van der Waals surface area contributed by atoms with Gasteiger partial charge in [-0.25, -0.2) is 4.68 Å². The molecule has 0 amide bonds. The molecule has 3 heterocycles. The van der Waals surface area contributed by atoms with Crippen LogP contribution in [0.15, 0.2) is 15.5 Å². The van der Waals surface area contributed by atoms with E-state index in [1.165, 1.54) is 12.8 Å². The smallest absolute Gasteiger partial charge is 0.283 e. The van der Waals surface area contributed by atoms with Gasteiger partial charge in [0.15, 0.2) is 0 Å². The molecule has 1 aromatic heterocycles. The van der Waals surface area contributed by atoms with Crippen LogP contribution in [0, 0.1) is 0 Å². The second-order valence-corrected chi connectivity index (χ2v) is 7.04. The summed E-state index contributed by atoms with van der Waals surface area (Å²) in [6.07, 6.45) is 8.25. The van der Waals surface area contributed by atoms with Crippen LogP contribution in [0.4, 0.5) is 5.69 Å². The Bertz CT molecular complexity index is 559. The van der Waals surface area contributed by atoms with Gasteiger partial charge in [-0.15, -0.1) is 0 Å². The van der Waals surface area contributed by atoms with E-state index in [9.17, 15) is 4.79 Å². The molecular formula is C15H23BrN4O. The fourth-order valence-electron chi connectivity index (χ4n) is 3.72. The number of rotatable bonds is 4. The summed E-state index contributed by atoms with van der Waals surface area (Å²) in [4.78, 5) is 14.8. The molecule has 2 fully saturated rings. The lowest BCUT2D eigenvalue weighted by molar-refractivity contribution is 0.412. The van der Waals surface area contributed by atoms with Gasteiger partial charge in [0, 0.05) is 24.7 Å². The molecule has 1 aromatic rings. The number of halogens is 1. The molecule has 0 saturated carbocycles. The molecule has 2 N–H and O–H groups in total. The second kappa shape index (κ2) is 6.08. The van der Waals surface area contributed by atoms with Crippen LogP contribution in [0.3, 0.4) is 0 Å². The van der Waals surface area contributed by atoms with E-state index in [0.717, 1.165) is 31.4 Å². The Kier molecular flexibility index (Phi) is 4.36. The number of piperidine rings is 1. The van der Waals surface area contributed by atoms with Crippen molar-refractivity contribution in [3.05, 3.63) is 21.0 Å². The van der Waals surface area contributed by atoms with E-state index in [2.05, 4.69) is 32.9 Å². The number of aryl methyl sites for hydroxylation is 1. The van der Waals surface area contributed by atoms with E-state index in [1.807, 2.05) is 6.20 Å². The highest BCUT2D eigenvalue weighted by atomic mass is 79.9. The Balaban J connectivity index is 1.90. The van der Waals surface area contributed by atoms with Gasteiger partial charge >= 0.3 is 0 Å². The number of hydrogen-bond acceptors (Lipinski definition) is 4. The predicted octanol–water partition coefficient (Wildman–Crippen LogP) is 2.26. The summed E-state index contributed by atoms with van der Waals surface area (Å²) in [5, 5.41) is 4.37. The first-order chi connectivity index (χ1) is 10.1. The van der Waals surface area contributed by atoms with Crippen molar-refractivity contribution in [3.63, 3.8) is 0 Å². The average molecular weight is 355 g/mol. The average Bonchev–Trinajstić information content (AvgIpc) is 2.72. The minimum atomic E-state index is -0.0183. The summed E-state index contributed by atoms with van der Waals surface area (Å²) >= 11 is 3.51. The van der Waals surface area contributed by atoms with Crippen LogP contribution < -0.4 is 16.2 Å². The van der Waals surface area contributed by atoms with Gasteiger partial charge in [-0.3, -0.25) is 4.79 Å². The zero-order valence-electron chi connectivity index (χ0n) is 12.5. The number of unbranched alkanes of at least 4 members (excludes halogenated alkanes) is 1. The second-order valence-electron chi connectivity index (χ2n) is 6.25. The molecule has 3 rings (SSSR count). The largest absolute Gasteiger partial charge is 0.363 e. The highest BCUT2D eigenvalue weighted by molar-refractivity contribution is 9.10. The van der Waals surface area contributed by atoms with Crippen LogP contribution in [-0.2, 0) is 6.54 Å². The maximum atomic E-state index is 12.4. The van der Waals surface area contributed by atoms with Crippen LogP contribution in [0.2, 0.25) is 0 Å². The molecule has 116 valence electrons. The first-order valence-electron chi connectivity index (χ1n) is 7.91. The van der Waals surface area contributed by atoms with Gasteiger partial charge in [0.25, 0.3) is 5.56 Å². The fraction of sp³-hybridized carbons (Fsp3) is 0.733. The summed E-state index contributed by atoms with van der Waals surface area (Å²) < 4.78 is 2.22. The fourth-order valence-corrected chi connectivity index (χ4v) is 4.23. The normalized spacial score (nSPS) is 28.1. The molecule has 0 spiro atoms. The summed E-state index contributed by atoms with van der Waals surface area (Å²) in [5.41, 5.74) is 7.06. The van der Waals surface area contributed by atoms with E-state index >= 15 is 0 Å². The van der Waals surface area contributed by atoms with Crippen molar-refractivity contribution in [1.29, 1.82) is 0 Å². The third-order valence-electron chi connectivity index (χ3n) is 4.74. The zero-order valence-corrected chi connectivity index (χ0v) is 14.1. The number of anilines is 1. The van der Waals surface area contributed by atoms with Gasteiger partial charge in [0.05, 0.1) is 11.9 Å². The van der Waals surface area contributed by atoms with Crippen LogP contribution >= 0.6 is 15.9 Å². The Morgan fingerprint density at radius 2 is 2.05 bits per heavy atom. The third-order valence-corrected chi connectivity index (χ3v) is 5.48. The van der Waals surface area contributed by atoms with Crippen LogP contribution in [0.1, 0.15) is 45.4 Å². The predicted molar refractivity (Wildman–Crippen MR) is 87.6 cm³/mol. The van der Waals surface area contributed by atoms with Crippen molar-refractivity contribution in [2.24, 2.45) is 5.73 Å². The maximum Gasteiger partial charge on any atom is 0.283 e. The van der Waals surface area contributed by atoms with Gasteiger partial charge in [-0.2, -0.15) is 5.10 Å². The summed E-state index contributed by atoms with van der Waals surface area (Å²) in [7, 11) is 0. The molecule has 2 unspecified atom stereocenters. The molecular weight excluding hydrogens is 332 g/mol. The first kappa shape index (κ1) is 15.0. The number of nitrogens with two attached hydrogens (primary N) is 1. The first-order valence-corrected chi connectivity index (χ1v) is 8.70. The van der Waals surface area contributed by atoms with Crippen molar-refractivity contribution in [2.75, 3.05) is 4.90 Å². The lowest BCUT2D eigenvalue weighted by Crippen LogP contribution is -2.48. The quantitative estimate of drug-likeness (QED) is 0.900. The van der Waals surface area contributed by atoms with Crippen LogP contribution in [0.5, 0.6) is 0 Å². The lowest BCUT2D eigenvalue weighted by atomic mass is 9.98. The van der Waals surface area contributed by atoms with Crippen molar-refractivity contribution in [2.45, 2.75) is 70.1 Å². The zero-order chi connectivity index (χ0) is 15.0. The maximum absolute atomic E-state index is 12.4. The third kappa shape index (κ3) is 2.75. The molecule has 0 aromatic carbocycles. The van der Waals surface area contributed by atoms with E-state index in [1.54, 1.807) is 4.68 Å². The molecule has 6 heteroatoms. The lowest BCUT2D eigenvalue weighted by Gasteiger charge is -2.39. The minimum Gasteiger partial charge on any atom is -0.363 e. The molecule has 5 nitrogen and oxygen atoms in total. The molecule has 2 bridgehead atoms. The summed E-state index contributed by atoms with van der Waals surface area (Å²) in [6.45, 7) is 2.80. The minimum absolute atomic E-state index is 0.0183. The Morgan fingerprint density at radius 1 is 1.38 bits per heavy atom. The number of fused-ring (bicyclic) bond motifs is 2. The van der Waals surface area contributed by atoms with E-state index in [0.29, 0.717) is 29.1 Å². The molecule has 2 atom stereocenters. The number of hydrogen-bond donors (Lipinski definition) is 1. The summed E-state index contributed by atoms with van der Waals surface area (Å²) in [5.74, 6) is 0. The van der Waals surface area contributed by atoms with E-state index in [4.69, 9.17) is 5.73 Å². The standard InChI is InChI=1S/C15H23BrN4O/c1-2-3-6-19-15(21)14(16)13(9-18-19)20-11-4-5-12(20)8-10(17)7-11/h9-12H,2-8,17H2,1H3. The Morgan fingerprint density at radius 3 is 2.67 bits per heavy atom. The van der Waals surface area contributed by atoms with Crippen molar-refractivity contribution >= 4 is 21.6 Å². The SMILES string of the molecule is CCCCn1ncc(N2C3CCC2CC(N)C3)c(Br)c1=O. The Labute approximate surface area is 133 Å². The monoisotopic (exact) mass is 354 g/mol. The van der Waals surface area contributed by atoms with Gasteiger partial charge in [-0.05, 0) is 48.0 Å². The van der Waals surface area contributed by atoms with Crippen molar-refractivity contribution in [3.8, 4) is 0 Å². The van der Waals surface area contributed by atoms with Crippen molar-refractivity contribution < 1.29 is 0 Å². The van der Waals surface area contributed by atoms with Gasteiger partial charge in [-0.1, -0.05) is 13.3 Å². The highest BCUT2D eigenvalue weighted by Crippen LogP contribution is 2.40. The van der Waals surface area contributed by atoms with Gasteiger partial charge < -0.3 is 10.6 Å². The molecule has 2 saturated heterocycles. The molecule has 2 aliphatic rings. The summed E-state index contributed by atoms with van der Waals surface area (Å²) in [6, 6.07) is 1.22. The van der Waals surface area contributed by atoms with Crippen LogP contribution in [-0.4, -0.2) is 27.9 Å². The number of nitrogens with zero attached hydrogens (tertiary/aromatic N) is 3. The molecule has 2 aliphatic heterocycles. The highest BCUT2D eigenvalue weighted by Gasteiger charge is 2.40.